The second-order valence-electron chi connectivity index (χ2n) is 2.79. The van der Waals surface area contributed by atoms with E-state index < -0.39 is 24.2 Å². The smallest absolute Gasteiger partial charge is 0.335 e. The van der Waals surface area contributed by atoms with Gasteiger partial charge < -0.3 is 20.1 Å². The van der Waals surface area contributed by atoms with Gasteiger partial charge in [-0.1, -0.05) is 6.58 Å². The van der Waals surface area contributed by atoms with Crippen molar-refractivity contribution in [1.82, 2.24) is 0 Å². The van der Waals surface area contributed by atoms with Gasteiger partial charge in [0, 0.05) is 17.7 Å². The Morgan fingerprint density at radius 2 is 1.53 bits per heavy atom. The summed E-state index contributed by atoms with van der Waals surface area (Å²) in [7, 11) is 0. The Hall–Kier alpha value is -2.15. The summed E-state index contributed by atoms with van der Waals surface area (Å²) < 4.78 is 4.33. The van der Waals surface area contributed by atoms with E-state index in [2.05, 4.69) is 11.3 Å². The van der Waals surface area contributed by atoms with E-state index in [1.807, 2.05) is 0 Å². The van der Waals surface area contributed by atoms with Crippen molar-refractivity contribution in [3.8, 4) is 0 Å². The van der Waals surface area contributed by atoms with Crippen molar-refractivity contribution in [2.75, 3.05) is 0 Å². The van der Waals surface area contributed by atoms with Crippen LogP contribution in [0.4, 0.5) is 0 Å². The summed E-state index contributed by atoms with van der Waals surface area (Å²) in [6.45, 7) is 6.20. The van der Waals surface area contributed by atoms with Gasteiger partial charge in [-0.15, -0.1) is 0 Å². The molecule has 0 bridgehead atoms. The molecular formula is C10H14O7. The largest absolute Gasteiger partial charge is 0.478 e. The summed E-state index contributed by atoms with van der Waals surface area (Å²) >= 11 is 0. The maximum absolute atomic E-state index is 10.5. The lowest BCUT2D eigenvalue weighted by Crippen LogP contribution is -2.13. The van der Waals surface area contributed by atoms with Crippen molar-refractivity contribution < 1.29 is 34.4 Å². The number of rotatable bonds is 4. The van der Waals surface area contributed by atoms with Crippen LogP contribution in [0.25, 0.3) is 0 Å². The topological polar surface area (TPSA) is 121 Å². The number of carboxylic acids is 2. The van der Waals surface area contributed by atoms with Crippen LogP contribution in [0.5, 0.6) is 0 Å². The van der Waals surface area contributed by atoms with Gasteiger partial charge in [0.15, 0.2) is 6.29 Å². The summed E-state index contributed by atoms with van der Waals surface area (Å²) in [5, 5.41) is 24.1. The second-order valence-corrected chi connectivity index (χ2v) is 2.79. The van der Waals surface area contributed by atoms with Crippen LogP contribution in [-0.2, 0) is 19.1 Å². The van der Waals surface area contributed by atoms with E-state index in [-0.39, 0.29) is 5.57 Å². The van der Waals surface area contributed by atoms with E-state index in [1.165, 1.54) is 13.8 Å². The van der Waals surface area contributed by atoms with Crippen molar-refractivity contribution >= 4 is 17.9 Å². The monoisotopic (exact) mass is 246 g/mol. The number of aliphatic hydroxyl groups is 1. The lowest BCUT2D eigenvalue weighted by molar-refractivity contribution is -0.159. The van der Waals surface area contributed by atoms with E-state index in [0.717, 1.165) is 0 Å². The highest BCUT2D eigenvalue weighted by molar-refractivity contribution is 5.89. The molecule has 0 aliphatic rings. The van der Waals surface area contributed by atoms with Crippen molar-refractivity contribution in [3.05, 3.63) is 24.3 Å². The fourth-order valence-electron chi connectivity index (χ4n) is 0.398. The van der Waals surface area contributed by atoms with E-state index in [9.17, 15) is 14.4 Å². The standard InChI is InChI=1S/C6H10O3.C4H4O4/c1-4(2)6(8)9-5(3)7;5-3(6)1-2-4(7)8/h5,7H,1H2,2-3H3;1-2H,(H,5,6)(H,7,8)/b;2-1-. The molecule has 3 N–H and O–H groups in total. The SMILES string of the molecule is C=C(C)C(=O)OC(C)O.O=C(O)/C=C\C(=O)O. The Morgan fingerprint density at radius 1 is 1.18 bits per heavy atom. The van der Waals surface area contributed by atoms with Crippen LogP contribution in [0, 0.1) is 0 Å². The number of ether oxygens (including phenoxy) is 1. The molecule has 0 aromatic heterocycles. The molecule has 0 spiro atoms. The first kappa shape index (κ1) is 17.3. The van der Waals surface area contributed by atoms with Crippen LogP contribution < -0.4 is 0 Å². The fraction of sp³-hybridized carbons (Fsp3) is 0.300. The number of aliphatic carboxylic acids is 2. The minimum Gasteiger partial charge on any atom is -0.478 e. The van der Waals surface area contributed by atoms with E-state index >= 15 is 0 Å². The van der Waals surface area contributed by atoms with Crippen LogP contribution in [-0.4, -0.2) is 39.5 Å². The third-order valence-electron chi connectivity index (χ3n) is 0.995. The molecule has 0 fully saturated rings. The van der Waals surface area contributed by atoms with Crippen molar-refractivity contribution in [3.63, 3.8) is 0 Å². The second kappa shape index (κ2) is 9.10. The van der Waals surface area contributed by atoms with Crippen molar-refractivity contribution in [2.45, 2.75) is 20.1 Å². The molecule has 1 unspecified atom stereocenters. The summed E-state index contributed by atoms with van der Waals surface area (Å²) in [4.78, 5) is 29.6. The number of hydrogen-bond donors (Lipinski definition) is 3. The normalized spacial score (nSPS) is 11.0. The van der Waals surface area contributed by atoms with Crippen LogP contribution in [0.1, 0.15) is 13.8 Å². The highest BCUT2D eigenvalue weighted by Crippen LogP contribution is 1.94. The van der Waals surface area contributed by atoms with Crippen molar-refractivity contribution in [2.24, 2.45) is 0 Å². The lowest BCUT2D eigenvalue weighted by Gasteiger charge is -2.04. The van der Waals surface area contributed by atoms with Gasteiger partial charge in [0.05, 0.1) is 0 Å². The number of carbonyl (C=O) groups excluding carboxylic acids is 1. The van der Waals surface area contributed by atoms with Crippen molar-refractivity contribution in [1.29, 1.82) is 0 Å². The minimum absolute atomic E-state index is 0.288. The highest BCUT2D eigenvalue weighted by atomic mass is 16.6. The maximum Gasteiger partial charge on any atom is 0.335 e. The molecule has 96 valence electrons. The number of esters is 1. The zero-order valence-electron chi connectivity index (χ0n) is 9.41. The fourth-order valence-corrected chi connectivity index (χ4v) is 0.398. The van der Waals surface area contributed by atoms with Gasteiger partial charge in [-0.25, -0.2) is 14.4 Å². The molecule has 0 aliphatic heterocycles. The molecule has 0 radical (unpaired) electrons. The van der Waals surface area contributed by atoms with Gasteiger partial charge in [0.1, 0.15) is 0 Å². The quantitative estimate of drug-likeness (QED) is 0.367. The molecule has 0 rings (SSSR count). The molecule has 0 heterocycles. The maximum atomic E-state index is 10.5. The summed E-state index contributed by atoms with van der Waals surface area (Å²) in [6.07, 6.45) is 0.0687. The Kier molecular flexibility index (Phi) is 9.24. The molecule has 0 aromatic rings. The molecule has 0 aliphatic carbocycles. The van der Waals surface area contributed by atoms with E-state index in [0.29, 0.717) is 12.2 Å². The van der Waals surface area contributed by atoms with Gasteiger partial charge in [-0.3, -0.25) is 0 Å². The molecular weight excluding hydrogens is 232 g/mol. The molecule has 7 heteroatoms. The Labute approximate surface area is 97.6 Å². The van der Waals surface area contributed by atoms with E-state index in [4.69, 9.17) is 15.3 Å². The zero-order chi connectivity index (χ0) is 14.0. The average molecular weight is 246 g/mol. The van der Waals surface area contributed by atoms with Gasteiger partial charge in [0.2, 0.25) is 0 Å². The highest BCUT2D eigenvalue weighted by Gasteiger charge is 2.04. The van der Waals surface area contributed by atoms with Crippen LogP contribution in [0.3, 0.4) is 0 Å². The number of carboxylic acid groups (broad SMARTS) is 2. The van der Waals surface area contributed by atoms with E-state index in [1.54, 1.807) is 0 Å². The first-order valence-electron chi connectivity index (χ1n) is 4.35. The molecule has 0 amide bonds. The molecule has 0 saturated carbocycles. The summed E-state index contributed by atoms with van der Waals surface area (Å²) in [6, 6.07) is 0. The summed E-state index contributed by atoms with van der Waals surface area (Å²) in [5.41, 5.74) is 0.288. The molecule has 7 nitrogen and oxygen atoms in total. The first-order chi connectivity index (χ1) is 7.66. The first-order valence-corrected chi connectivity index (χ1v) is 4.35. The molecule has 1 atom stereocenters. The molecule has 0 aromatic carbocycles. The lowest BCUT2D eigenvalue weighted by atomic mass is 10.4. The Balaban J connectivity index is 0. The Bertz CT molecular complexity index is 312. The third-order valence-corrected chi connectivity index (χ3v) is 0.995. The van der Waals surface area contributed by atoms with Crippen LogP contribution in [0.15, 0.2) is 24.3 Å². The van der Waals surface area contributed by atoms with Crippen LogP contribution >= 0.6 is 0 Å². The average Bonchev–Trinajstić information content (AvgIpc) is 2.14. The zero-order valence-corrected chi connectivity index (χ0v) is 9.41. The van der Waals surface area contributed by atoms with Crippen LogP contribution in [0.2, 0.25) is 0 Å². The molecule has 0 saturated heterocycles. The van der Waals surface area contributed by atoms with Gasteiger partial charge in [0.25, 0.3) is 0 Å². The van der Waals surface area contributed by atoms with Gasteiger partial charge in [-0.05, 0) is 13.8 Å². The number of carbonyl (C=O) groups is 3. The third kappa shape index (κ3) is 16.5. The van der Waals surface area contributed by atoms with Gasteiger partial charge in [-0.2, -0.15) is 0 Å². The predicted molar refractivity (Wildman–Crippen MR) is 57.0 cm³/mol. The minimum atomic E-state index is -1.26. The van der Waals surface area contributed by atoms with Gasteiger partial charge >= 0.3 is 17.9 Å². The number of aliphatic hydroxyl groups excluding tert-OH is 1. The Morgan fingerprint density at radius 3 is 1.65 bits per heavy atom. The molecule has 17 heavy (non-hydrogen) atoms. The summed E-state index contributed by atoms with van der Waals surface area (Å²) in [5.74, 6) is -3.08. The number of hydrogen-bond acceptors (Lipinski definition) is 5. The predicted octanol–water partition coefficient (Wildman–Crippen LogP) is 0.156.